The van der Waals surface area contributed by atoms with E-state index in [0.29, 0.717) is 49.4 Å². The van der Waals surface area contributed by atoms with Crippen LogP contribution in [0.5, 0.6) is 0 Å². The fourth-order valence-electron chi connectivity index (χ4n) is 12.0. The van der Waals surface area contributed by atoms with Crippen molar-refractivity contribution in [2.75, 3.05) is 0 Å². The molecule has 2 amide bonds. The van der Waals surface area contributed by atoms with Gasteiger partial charge in [0.1, 0.15) is 0 Å². The van der Waals surface area contributed by atoms with E-state index in [1.165, 1.54) is 64.2 Å². The molecule has 12 atom stereocenters. The maximum atomic E-state index is 13.7. The summed E-state index contributed by atoms with van der Waals surface area (Å²) in [6, 6.07) is -0.332. The van der Waals surface area contributed by atoms with Crippen LogP contribution >= 0.6 is 23.2 Å². The van der Waals surface area contributed by atoms with Gasteiger partial charge in [-0.15, -0.1) is 23.2 Å². The van der Waals surface area contributed by atoms with Gasteiger partial charge < -0.3 is 20.8 Å². The summed E-state index contributed by atoms with van der Waals surface area (Å²) in [6.07, 6.45) is 24.3. The molecule has 0 aromatic rings. The molecule has 0 saturated heterocycles. The predicted octanol–water partition coefficient (Wildman–Crippen LogP) is 8.95. The second-order valence-electron chi connectivity index (χ2n) is 18.3. The number of hydrogen-bond donors (Lipinski definition) is 4. The van der Waals surface area contributed by atoms with Crippen molar-refractivity contribution in [1.29, 1.82) is 0 Å². The number of carbonyl (C=O) groups is 4. The van der Waals surface area contributed by atoms with E-state index in [-0.39, 0.29) is 34.7 Å². The van der Waals surface area contributed by atoms with Gasteiger partial charge in [-0.25, -0.2) is 0 Å². The number of aliphatic carboxylic acids is 2. The van der Waals surface area contributed by atoms with Crippen LogP contribution < -0.4 is 10.6 Å². The van der Waals surface area contributed by atoms with E-state index < -0.39 is 35.6 Å². The molecule has 4 N–H and O–H groups in total. The molecule has 294 valence electrons. The van der Waals surface area contributed by atoms with E-state index in [1.807, 2.05) is 0 Å². The summed E-state index contributed by atoms with van der Waals surface area (Å²) in [5, 5.41) is 26.0. The van der Waals surface area contributed by atoms with Gasteiger partial charge in [0.15, 0.2) is 0 Å². The van der Waals surface area contributed by atoms with Crippen LogP contribution in [0, 0.1) is 59.2 Å². The standard InChI is InChI=1S/C42H66Cl2N2O6/c43-35-23-29(13-17-37(35)45-39(47)33-21-27(11-15-31(33)41(49)50)19-25-7-3-1-4-8-25)30-14-18-38(36(44)24-30)46-40(48)34-22-28(12-16-32(34)42(51)52)20-26-9-5-2-6-10-26/h25-38H,1-24H2,(H,45,47)(H,46,48)(H,49,50)(H,51,52). The lowest BCUT2D eigenvalue weighted by atomic mass is 9.69. The third kappa shape index (κ3) is 10.4. The van der Waals surface area contributed by atoms with Crippen LogP contribution in [0.2, 0.25) is 0 Å². The molecule has 0 spiro atoms. The van der Waals surface area contributed by atoms with Crippen molar-refractivity contribution in [3.05, 3.63) is 0 Å². The highest BCUT2D eigenvalue weighted by Gasteiger charge is 2.45. The minimum Gasteiger partial charge on any atom is -0.481 e. The first-order valence-corrected chi connectivity index (χ1v) is 22.3. The third-order valence-corrected chi connectivity index (χ3v) is 15.9. The molecule has 10 heteroatoms. The van der Waals surface area contributed by atoms with E-state index in [1.54, 1.807) is 0 Å². The van der Waals surface area contributed by atoms with Crippen LogP contribution in [-0.4, -0.2) is 56.8 Å². The van der Waals surface area contributed by atoms with Crippen LogP contribution in [0.25, 0.3) is 0 Å². The summed E-state index contributed by atoms with van der Waals surface area (Å²) >= 11 is 14.0. The van der Waals surface area contributed by atoms with Crippen molar-refractivity contribution in [3.8, 4) is 0 Å². The molecule has 0 radical (unpaired) electrons. The van der Waals surface area contributed by atoms with Crippen molar-refractivity contribution in [3.63, 3.8) is 0 Å². The molecule has 12 unspecified atom stereocenters. The zero-order valence-electron chi connectivity index (χ0n) is 31.3. The maximum absolute atomic E-state index is 13.7. The second-order valence-corrected chi connectivity index (χ2v) is 19.5. The molecule has 0 aliphatic heterocycles. The quantitative estimate of drug-likeness (QED) is 0.155. The number of carbonyl (C=O) groups excluding carboxylic acids is 2. The van der Waals surface area contributed by atoms with Gasteiger partial charge in [-0.05, 0) is 125 Å². The molecule has 0 heterocycles. The Labute approximate surface area is 322 Å². The number of halogens is 2. The first-order chi connectivity index (χ1) is 25.0. The Morgan fingerprint density at radius 2 is 0.827 bits per heavy atom. The Bertz CT molecular complexity index is 1130. The van der Waals surface area contributed by atoms with E-state index in [9.17, 15) is 29.4 Å². The summed E-state index contributed by atoms with van der Waals surface area (Å²) in [5.74, 6) is -1.17. The molecule has 6 aliphatic rings. The zero-order valence-corrected chi connectivity index (χ0v) is 32.8. The molecular formula is C42H66Cl2N2O6. The number of carboxylic acid groups (broad SMARTS) is 2. The molecule has 0 aromatic heterocycles. The summed E-state index contributed by atoms with van der Waals surface area (Å²) in [7, 11) is 0. The number of hydrogen-bond acceptors (Lipinski definition) is 4. The molecule has 8 nitrogen and oxygen atoms in total. The molecule has 52 heavy (non-hydrogen) atoms. The first kappa shape index (κ1) is 40.1. The maximum Gasteiger partial charge on any atom is 0.307 e. The molecule has 0 aromatic carbocycles. The van der Waals surface area contributed by atoms with Crippen LogP contribution in [0.15, 0.2) is 0 Å². The summed E-state index contributed by atoms with van der Waals surface area (Å²) in [4.78, 5) is 51.7. The van der Waals surface area contributed by atoms with Crippen LogP contribution in [-0.2, 0) is 19.2 Å². The molecule has 6 saturated carbocycles. The topological polar surface area (TPSA) is 133 Å². The molecule has 6 fully saturated rings. The second kappa shape index (κ2) is 18.9. The monoisotopic (exact) mass is 764 g/mol. The lowest BCUT2D eigenvalue weighted by Gasteiger charge is -2.43. The Kier molecular flexibility index (Phi) is 14.6. The fraction of sp³-hybridized carbons (Fsp3) is 0.905. The van der Waals surface area contributed by atoms with Crippen LogP contribution in [0.3, 0.4) is 0 Å². The normalized spacial score (nSPS) is 39.7. The SMILES string of the molecule is O=C(O)C1CCC(CC2CCCCC2)CC1C(=O)NC1CCC(C2CCC(NC(=O)C3CC(CC4CCCCC4)CCC3C(=O)O)C(Cl)C2)CC1Cl. The third-order valence-electron chi connectivity index (χ3n) is 15.0. The average Bonchev–Trinajstić information content (AvgIpc) is 3.13. The lowest BCUT2D eigenvalue weighted by Crippen LogP contribution is -2.52. The van der Waals surface area contributed by atoms with Crippen molar-refractivity contribution in [2.24, 2.45) is 59.2 Å². The number of alkyl halides is 2. The number of nitrogens with one attached hydrogen (secondary N) is 2. The number of amides is 2. The van der Waals surface area contributed by atoms with E-state index in [2.05, 4.69) is 10.6 Å². The Morgan fingerprint density at radius 3 is 1.17 bits per heavy atom. The molecular weight excluding hydrogens is 699 g/mol. The van der Waals surface area contributed by atoms with Gasteiger partial charge >= 0.3 is 11.9 Å². The van der Waals surface area contributed by atoms with Gasteiger partial charge in [-0.2, -0.15) is 0 Å². The summed E-state index contributed by atoms with van der Waals surface area (Å²) < 4.78 is 0. The highest BCUT2D eigenvalue weighted by atomic mass is 35.5. The minimum absolute atomic E-state index is 0.129. The average molecular weight is 766 g/mol. The summed E-state index contributed by atoms with van der Waals surface area (Å²) in [5.41, 5.74) is 0. The minimum atomic E-state index is -0.857. The van der Waals surface area contributed by atoms with Crippen molar-refractivity contribution >= 4 is 47.0 Å². The van der Waals surface area contributed by atoms with Gasteiger partial charge in [-0.1, -0.05) is 64.2 Å². The van der Waals surface area contributed by atoms with E-state index in [4.69, 9.17) is 23.2 Å². The Morgan fingerprint density at radius 1 is 0.442 bits per heavy atom. The van der Waals surface area contributed by atoms with Gasteiger partial charge in [0, 0.05) is 12.1 Å². The van der Waals surface area contributed by atoms with Crippen molar-refractivity contribution in [1.82, 2.24) is 10.6 Å². The van der Waals surface area contributed by atoms with Gasteiger partial charge in [-0.3, -0.25) is 19.2 Å². The van der Waals surface area contributed by atoms with E-state index in [0.717, 1.165) is 76.0 Å². The Hall–Kier alpha value is -1.54. The zero-order chi connectivity index (χ0) is 36.8. The summed E-state index contributed by atoms with van der Waals surface area (Å²) in [6.45, 7) is 0. The lowest BCUT2D eigenvalue weighted by molar-refractivity contribution is -0.150. The largest absolute Gasteiger partial charge is 0.481 e. The molecule has 6 rings (SSSR count). The molecule has 0 bridgehead atoms. The van der Waals surface area contributed by atoms with E-state index >= 15 is 0 Å². The smallest absolute Gasteiger partial charge is 0.307 e. The first-order valence-electron chi connectivity index (χ1n) is 21.4. The fourth-order valence-corrected chi connectivity index (χ4v) is 12.8. The van der Waals surface area contributed by atoms with Crippen molar-refractivity contribution in [2.45, 2.75) is 177 Å². The Balaban J connectivity index is 0.965. The number of rotatable bonds is 11. The van der Waals surface area contributed by atoms with Crippen molar-refractivity contribution < 1.29 is 29.4 Å². The molecule has 6 aliphatic carbocycles. The van der Waals surface area contributed by atoms with Gasteiger partial charge in [0.05, 0.1) is 34.4 Å². The highest BCUT2D eigenvalue weighted by Crippen LogP contribution is 2.44. The predicted molar refractivity (Wildman–Crippen MR) is 204 cm³/mol. The highest BCUT2D eigenvalue weighted by molar-refractivity contribution is 6.21. The van der Waals surface area contributed by atoms with Gasteiger partial charge in [0.25, 0.3) is 0 Å². The van der Waals surface area contributed by atoms with Gasteiger partial charge in [0.2, 0.25) is 11.8 Å². The number of carboxylic acids is 2. The van der Waals surface area contributed by atoms with Crippen LogP contribution in [0.4, 0.5) is 0 Å². The van der Waals surface area contributed by atoms with Crippen LogP contribution in [0.1, 0.15) is 154 Å².